The number of likely N-dealkylation sites (N-methyl/N-ethyl adjacent to an activating group) is 1. The molecule has 0 saturated carbocycles. The first-order valence-electron chi connectivity index (χ1n) is 6.69. The van der Waals surface area contributed by atoms with Crippen molar-refractivity contribution in [3.63, 3.8) is 0 Å². The normalized spacial score (nSPS) is 22.9. The van der Waals surface area contributed by atoms with Crippen LogP contribution in [0, 0.1) is 0 Å². The van der Waals surface area contributed by atoms with E-state index in [2.05, 4.69) is 50.9 Å². The van der Waals surface area contributed by atoms with E-state index in [1.54, 1.807) is 0 Å². The molecule has 100 valence electrons. The van der Waals surface area contributed by atoms with Crippen LogP contribution in [0.15, 0.2) is 18.2 Å². The van der Waals surface area contributed by atoms with Gasteiger partial charge in [0.1, 0.15) is 11.9 Å². The largest absolute Gasteiger partial charge is 0.486 e. The van der Waals surface area contributed by atoms with E-state index in [1.165, 1.54) is 5.56 Å². The van der Waals surface area contributed by atoms with Crippen LogP contribution < -0.4 is 9.64 Å². The molecule has 1 aromatic carbocycles. The number of fused-ring (bicyclic) bond motifs is 1. The Hall–Kier alpha value is -1.22. The van der Waals surface area contributed by atoms with Gasteiger partial charge in [-0.15, -0.1) is 0 Å². The molecule has 2 rings (SSSR count). The van der Waals surface area contributed by atoms with Crippen molar-refractivity contribution in [2.75, 3.05) is 18.6 Å². The molecule has 0 bridgehead atoms. The number of benzene rings is 1. The molecule has 2 unspecified atom stereocenters. The number of hydrogen-bond acceptors (Lipinski definition) is 3. The van der Waals surface area contributed by atoms with E-state index < -0.39 is 0 Å². The Balaban J connectivity index is 2.33. The topological polar surface area (TPSA) is 32.7 Å². The molecule has 1 heterocycles. The number of aliphatic hydroxyl groups excluding tert-OH is 1. The quantitative estimate of drug-likeness (QED) is 0.894. The van der Waals surface area contributed by atoms with Gasteiger partial charge in [-0.05, 0) is 30.5 Å². The van der Waals surface area contributed by atoms with Crippen molar-refractivity contribution in [2.24, 2.45) is 0 Å². The monoisotopic (exact) mass is 249 g/mol. The fourth-order valence-electron chi connectivity index (χ4n) is 2.43. The number of rotatable bonds is 3. The van der Waals surface area contributed by atoms with Crippen LogP contribution in [0.2, 0.25) is 0 Å². The second kappa shape index (κ2) is 5.19. The zero-order valence-corrected chi connectivity index (χ0v) is 11.7. The van der Waals surface area contributed by atoms with Gasteiger partial charge in [-0.25, -0.2) is 0 Å². The van der Waals surface area contributed by atoms with Crippen molar-refractivity contribution in [1.82, 2.24) is 0 Å². The number of anilines is 1. The highest BCUT2D eigenvalue weighted by molar-refractivity contribution is 5.62. The summed E-state index contributed by atoms with van der Waals surface area (Å²) in [5.41, 5.74) is 2.49. The number of nitrogens with zero attached hydrogens (tertiary/aromatic N) is 1. The molecule has 0 spiro atoms. The van der Waals surface area contributed by atoms with E-state index in [-0.39, 0.29) is 18.8 Å². The summed E-state index contributed by atoms with van der Waals surface area (Å²) in [5.74, 6) is 1.45. The number of hydrogen-bond donors (Lipinski definition) is 1. The summed E-state index contributed by atoms with van der Waals surface area (Å²) in [6.07, 6.45) is 0.744. The second-order valence-electron chi connectivity index (χ2n) is 5.40. The molecule has 0 aromatic heterocycles. The van der Waals surface area contributed by atoms with Crippen molar-refractivity contribution in [3.8, 4) is 5.75 Å². The lowest BCUT2D eigenvalue weighted by Crippen LogP contribution is -2.46. The average Bonchev–Trinajstić information content (AvgIpc) is 2.35. The van der Waals surface area contributed by atoms with Crippen LogP contribution in [-0.4, -0.2) is 30.9 Å². The van der Waals surface area contributed by atoms with Crippen LogP contribution in [0.5, 0.6) is 5.75 Å². The van der Waals surface area contributed by atoms with Crippen molar-refractivity contribution >= 4 is 5.69 Å². The molecule has 0 radical (unpaired) electrons. The molecule has 0 fully saturated rings. The zero-order chi connectivity index (χ0) is 13.3. The Bertz CT molecular complexity index is 417. The fourth-order valence-corrected chi connectivity index (χ4v) is 2.43. The maximum atomic E-state index is 9.09. The molecule has 1 N–H and O–H groups in total. The highest BCUT2D eigenvalue weighted by Crippen LogP contribution is 2.37. The second-order valence-corrected chi connectivity index (χ2v) is 5.40. The van der Waals surface area contributed by atoms with Gasteiger partial charge >= 0.3 is 0 Å². The molecule has 1 aromatic rings. The lowest BCUT2D eigenvalue weighted by molar-refractivity contribution is 0.124. The molecule has 0 amide bonds. The van der Waals surface area contributed by atoms with Crippen molar-refractivity contribution in [3.05, 3.63) is 23.8 Å². The van der Waals surface area contributed by atoms with Crippen LogP contribution in [0.25, 0.3) is 0 Å². The van der Waals surface area contributed by atoms with Gasteiger partial charge in [0.25, 0.3) is 0 Å². The van der Waals surface area contributed by atoms with E-state index in [0.717, 1.165) is 11.4 Å². The molecule has 18 heavy (non-hydrogen) atoms. The third-order valence-electron chi connectivity index (χ3n) is 3.87. The average molecular weight is 249 g/mol. The smallest absolute Gasteiger partial charge is 0.143 e. The summed E-state index contributed by atoms with van der Waals surface area (Å²) >= 11 is 0. The van der Waals surface area contributed by atoms with Crippen molar-refractivity contribution in [1.29, 1.82) is 0 Å². The molecule has 3 heteroatoms. The van der Waals surface area contributed by atoms with Crippen LogP contribution in [0.1, 0.15) is 38.7 Å². The van der Waals surface area contributed by atoms with Crippen molar-refractivity contribution < 1.29 is 9.84 Å². The highest BCUT2D eigenvalue weighted by atomic mass is 16.5. The Kier molecular flexibility index (Phi) is 3.81. The van der Waals surface area contributed by atoms with Gasteiger partial charge in [-0.1, -0.05) is 19.9 Å². The molecular weight excluding hydrogens is 226 g/mol. The Morgan fingerprint density at radius 1 is 1.39 bits per heavy atom. The van der Waals surface area contributed by atoms with E-state index in [4.69, 9.17) is 9.84 Å². The first kappa shape index (κ1) is 13.2. The van der Waals surface area contributed by atoms with Gasteiger partial charge in [0.2, 0.25) is 0 Å². The molecule has 3 nitrogen and oxygen atoms in total. The number of aliphatic hydroxyl groups is 1. The molecule has 2 atom stereocenters. The summed E-state index contributed by atoms with van der Waals surface area (Å²) in [5, 5.41) is 9.09. The Labute approximate surface area is 109 Å². The lowest BCUT2D eigenvalue weighted by atomic mass is 9.99. The summed E-state index contributed by atoms with van der Waals surface area (Å²) in [7, 11) is 2.10. The van der Waals surface area contributed by atoms with E-state index >= 15 is 0 Å². The maximum absolute atomic E-state index is 9.09. The Morgan fingerprint density at radius 3 is 2.72 bits per heavy atom. The molecule has 0 saturated heterocycles. The van der Waals surface area contributed by atoms with Gasteiger partial charge < -0.3 is 14.7 Å². The minimum atomic E-state index is 0.0670. The van der Waals surface area contributed by atoms with Crippen molar-refractivity contribution in [2.45, 2.75) is 45.3 Å². The summed E-state index contributed by atoms with van der Waals surface area (Å²) < 4.78 is 5.99. The summed E-state index contributed by atoms with van der Waals surface area (Å²) in [6.45, 7) is 6.71. The first-order valence-corrected chi connectivity index (χ1v) is 6.69. The predicted octanol–water partition coefficient (Wildman–Crippen LogP) is 2.78. The van der Waals surface area contributed by atoms with E-state index in [1.807, 2.05) is 0 Å². The van der Waals surface area contributed by atoms with Gasteiger partial charge in [0, 0.05) is 20.1 Å². The highest BCUT2D eigenvalue weighted by Gasteiger charge is 2.30. The predicted molar refractivity (Wildman–Crippen MR) is 74.5 cm³/mol. The molecule has 1 aliphatic rings. The van der Waals surface area contributed by atoms with Crippen LogP contribution in [0.4, 0.5) is 5.69 Å². The minimum Gasteiger partial charge on any atom is -0.486 e. The van der Waals surface area contributed by atoms with Crippen LogP contribution in [-0.2, 0) is 0 Å². The Morgan fingerprint density at radius 2 is 2.11 bits per heavy atom. The summed E-state index contributed by atoms with van der Waals surface area (Å²) in [6, 6.07) is 6.68. The van der Waals surface area contributed by atoms with Gasteiger partial charge in [0.15, 0.2) is 0 Å². The third-order valence-corrected chi connectivity index (χ3v) is 3.87. The van der Waals surface area contributed by atoms with E-state index in [0.29, 0.717) is 12.3 Å². The first-order chi connectivity index (χ1) is 8.54. The minimum absolute atomic E-state index is 0.0670. The van der Waals surface area contributed by atoms with Gasteiger partial charge in [-0.3, -0.25) is 0 Å². The maximum Gasteiger partial charge on any atom is 0.143 e. The zero-order valence-electron chi connectivity index (χ0n) is 11.7. The van der Waals surface area contributed by atoms with Crippen LogP contribution >= 0.6 is 0 Å². The van der Waals surface area contributed by atoms with Crippen LogP contribution in [0.3, 0.4) is 0 Å². The number of ether oxygens (including phenoxy) is 1. The van der Waals surface area contributed by atoms with Gasteiger partial charge in [0.05, 0.1) is 11.7 Å². The molecule has 1 aliphatic heterocycles. The van der Waals surface area contributed by atoms with Gasteiger partial charge in [-0.2, -0.15) is 0 Å². The standard InChI is InChI=1S/C15H23NO2/c1-10(2)12-5-6-15-13(9-12)16(4)11(3)14(18-15)7-8-17/h5-6,9-11,14,17H,7-8H2,1-4H3. The SMILES string of the molecule is CC(C)c1ccc2c(c1)N(C)C(C)C(CCO)O2. The lowest BCUT2D eigenvalue weighted by Gasteiger charge is -2.40. The fraction of sp³-hybridized carbons (Fsp3) is 0.600. The third kappa shape index (κ3) is 2.32. The summed E-state index contributed by atoms with van der Waals surface area (Å²) in [4.78, 5) is 2.26. The van der Waals surface area contributed by atoms with E-state index in [9.17, 15) is 0 Å². The molecular formula is C15H23NO2. The molecule has 0 aliphatic carbocycles.